The van der Waals surface area contributed by atoms with Crippen LogP contribution in [0.15, 0.2) is 47.5 Å². The number of nitrogens with one attached hydrogen (secondary N) is 10. The van der Waals surface area contributed by atoms with Gasteiger partial charge in [0.05, 0.1) is 43.5 Å². The van der Waals surface area contributed by atoms with E-state index in [1.165, 1.54) is 19.9 Å². The third-order valence-electron chi connectivity index (χ3n) is 15.2. The predicted molar refractivity (Wildman–Crippen MR) is 305 cm³/mol. The van der Waals surface area contributed by atoms with Gasteiger partial charge in [0.15, 0.2) is 6.04 Å². The number of benzene rings is 2. The van der Waals surface area contributed by atoms with Gasteiger partial charge in [-0.25, -0.2) is 0 Å². The van der Waals surface area contributed by atoms with Crippen LogP contribution >= 0.6 is 0 Å². The van der Waals surface area contributed by atoms with Crippen LogP contribution in [0.25, 0.3) is 10.9 Å². The van der Waals surface area contributed by atoms with Crippen molar-refractivity contribution in [3.05, 3.63) is 53.6 Å². The first-order valence-corrected chi connectivity index (χ1v) is 29.2. The normalized spacial score (nSPS) is 25.0. The van der Waals surface area contributed by atoms with Crippen LogP contribution < -0.4 is 64.1 Å². The number of hydrogen-bond donors (Lipinski definition) is 15. The van der Waals surface area contributed by atoms with E-state index in [2.05, 4.69) is 52.8 Å². The average molecular weight is 1210 g/mol. The summed E-state index contributed by atoms with van der Waals surface area (Å²) in [5.41, 5.74) is 12.8. The summed E-state index contributed by atoms with van der Waals surface area (Å²) in [5, 5.41) is 54.9. The fourth-order valence-corrected chi connectivity index (χ4v) is 11.1. The van der Waals surface area contributed by atoms with Gasteiger partial charge in [-0.05, 0) is 55.0 Å². The number of rotatable bonds is 16. The van der Waals surface area contributed by atoms with Gasteiger partial charge in [0.25, 0.3) is 0 Å². The maximum atomic E-state index is 15.1. The molecule has 13 atom stereocenters. The zero-order valence-electron chi connectivity index (χ0n) is 48.0. The Kier molecular flexibility index (Phi) is 23.2. The summed E-state index contributed by atoms with van der Waals surface area (Å²) in [7, 11) is 0. The third-order valence-corrected chi connectivity index (χ3v) is 16.6. The number of ether oxygens (including phenoxy) is 1. The molecule has 6 rings (SSSR count). The lowest BCUT2D eigenvalue weighted by Gasteiger charge is -2.33. The molecule has 17 N–H and O–H groups in total. The summed E-state index contributed by atoms with van der Waals surface area (Å²) in [6.45, 7) is 6.80. The van der Waals surface area contributed by atoms with Crippen molar-refractivity contribution in [3.8, 4) is 5.75 Å². The van der Waals surface area contributed by atoms with Crippen LogP contribution in [0.3, 0.4) is 0 Å². The Morgan fingerprint density at radius 2 is 1.49 bits per heavy atom. The number of carbonyl (C=O) groups is 11. The molecule has 2 unspecified atom stereocenters. The van der Waals surface area contributed by atoms with Crippen LogP contribution in [-0.2, 0) is 76.9 Å². The van der Waals surface area contributed by atoms with Crippen molar-refractivity contribution in [3.63, 3.8) is 0 Å². The fourth-order valence-electron chi connectivity index (χ4n) is 9.70. The molecule has 0 radical (unpaired) electrons. The zero-order chi connectivity index (χ0) is 62.6. The number of anilines is 1. The summed E-state index contributed by atoms with van der Waals surface area (Å²) in [6, 6.07) is -0.346. The molecule has 0 spiro atoms. The van der Waals surface area contributed by atoms with Crippen molar-refractivity contribution in [2.75, 3.05) is 37.3 Å². The van der Waals surface area contributed by atoms with Gasteiger partial charge in [-0.3, -0.25) is 52.7 Å². The van der Waals surface area contributed by atoms with Crippen molar-refractivity contribution < 1.29 is 77.3 Å². The van der Waals surface area contributed by atoms with Crippen LogP contribution in [-0.4, -0.2) is 187 Å². The van der Waals surface area contributed by atoms with Gasteiger partial charge in [-0.2, -0.15) is 0 Å². The van der Waals surface area contributed by atoms with Crippen LogP contribution in [0.2, 0.25) is 0 Å². The van der Waals surface area contributed by atoms with Gasteiger partial charge >= 0.3 is 0 Å². The van der Waals surface area contributed by atoms with Gasteiger partial charge in [0, 0.05) is 65.6 Å². The summed E-state index contributed by atoms with van der Waals surface area (Å²) < 4.78 is 21.3. The largest absolute Gasteiger partial charge is 0.610 e. The number of H-pyrrole nitrogens is 1. The van der Waals surface area contributed by atoms with Gasteiger partial charge in [-0.15, -0.1) is 0 Å². The summed E-state index contributed by atoms with van der Waals surface area (Å²) in [4.78, 5) is 156. The number of carbonyl (C=O) groups excluding carboxylic acids is 11. The lowest BCUT2D eigenvalue weighted by atomic mass is 9.93. The highest BCUT2D eigenvalue weighted by Gasteiger charge is 2.45. The van der Waals surface area contributed by atoms with E-state index in [9.17, 15) is 68.1 Å². The molecular weight excluding hydrogens is 1130 g/mol. The molecule has 464 valence electrons. The number of fused-ring (bicyclic) bond motifs is 5. The highest BCUT2D eigenvalue weighted by Crippen LogP contribution is 2.32. The van der Waals surface area contributed by atoms with Crippen molar-refractivity contribution >= 4 is 92.7 Å². The lowest BCUT2D eigenvalue weighted by molar-refractivity contribution is -0.143. The number of nitrogens with zero attached hydrogens (tertiary/aromatic N) is 1. The van der Waals surface area contributed by atoms with E-state index in [0.717, 1.165) is 4.90 Å². The number of hydrogen-bond acceptors (Lipinski definition) is 17. The Hall–Kier alpha value is -7.90. The van der Waals surface area contributed by atoms with Crippen LogP contribution in [0.4, 0.5) is 5.69 Å². The Balaban J connectivity index is 1.44. The number of amides is 11. The second-order valence-electron chi connectivity index (χ2n) is 21.9. The van der Waals surface area contributed by atoms with E-state index < -0.39 is 206 Å². The summed E-state index contributed by atoms with van der Waals surface area (Å²) in [5.74, 6) is -12.4. The Morgan fingerprint density at radius 3 is 2.14 bits per heavy atom. The zero-order valence-corrected chi connectivity index (χ0v) is 48.8. The first-order chi connectivity index (χ1) is 40.2. The quantitative estimate of drug-likeness (QED) is 0.0604. The van der Waals surface area contributed by atoms with Crippen molar-refractivity contribution in [1.82, 2.24) is 52.4 Å². The SMILES string of the molecule is CC[C@H](C)[C@@H]1NC(=O)CNC(=O)[C@@H]2Cc3c([nH]c4cc(OCc5ccc(NC(=O)[C@H](C)NC(=O)C(N)C(C)C)cc5)ccc34)[S+]([O-])C[C@H](NC(=O)CNC1=O)C(=O)N[C@@H](CCC(N)=O)C(=O)N1C[C@H](O)C[C@H]1C(=O)N[C@@H]([C@@H](C)[C@@H](O)CO)C(=O)N2. The summed E-state index contributed by atoms with van der Waals surface area (Å²) in [6.07, 6.45) is -4.61. The first kappa shape index (κ1) is 66.2. The molecule has 1 aromatic heterocycles. The minimum atomic E-state index is -2.43. The topological polar surface area (TPSA) is 460 Å². The van der Waals surface area contributed by atoms with Crippen molar-refractivity contribution in [1.29, 1.82) is 0 Å². The smallest absolute Gasteiger partial charge is 0.248 e. The van der Waals surface area contributed by atoms with E-state index in [1.807, 2.05) is 0 Å². The first-order valence-electron chi connectivity index (χ1n) is 27.9. The number of primary amides is 1. The molecule has 3 aliphatic heterocycles. The Labute approximate surface area is 492 Å². The molecule has 2 bridgehead atoms. The van der Waals surface area contributed by atoms with Gasteiger partial charge in [0.2, 0.25) is 70.0 Å². The third kappa shape index (κ3) is 17.4. The van der Waals surface area contributed by atoms with Crippen molar-refractivity contribution in [2.24, 2.45) is 29.2 Å². The molecule has 3 aromatic rings. The Morgan fingerprint density at radius 1 is 0.824 bits per heavy atom. The number of nitrogens with two attached hydrogens (primary N) is 2. The van der Waals surface area contributed by atoms with Crippen LogP contribution in [0, 0.1) is 17.8 Å². The molecule has 3 aliphatic rings. The number of aliphatic hydroxyl groups excluding tert-OH is 3. The lowest BCUT2D eigenvalue weighted by Crippen LogP contribution is -2.62. The number of aliphatic hydroxyl groups is 3. The summed E-state index contributed by atoms with van der Waals surface area (Å²) >= 11 is -2.43. The van der Waals surface area contributed by atoms with Gasteiger partial charge in [0.1, 0.15) is 54.4 Å². The number of aromatic nitrogens is 1. The molecule has 1 fully saturated rings. The van der Waals surface area contributed by atoms with Gasteiger partial charge < -0.3 is 93.8 Å². The molecular formula is C55H77N13O16S. The maximum absolute atomic E-state index is 15.1. The minimum absolute atomic E-state index is 0.0222. The highest BCUT2D eigenvalue weighted by atomic mass is 32.2. The Bertz CT molecular complexity index is 2980. The molecule has 0 saturated carbocycles. The molecule has 30 heteroatoms. The second-order valence-corrected chi connectivity index (χ2v) is 23.4. The highest BCUT2D eigenvalue weighted by molar-refractivity contribution is 7.91. The maximum Gasteiger partial charge on any atom is 0.248 e. The molecule has 0 aliphatic carbocycles. The minimum Gasteiger partial charge on any atom is -0.610 e. The van der Waals surface area contributed by atoms with E-state index >= 15 is 4.55 Å². The fraction of sp³-hybridized carbons (Fsp3) is 0.545. The molecule has 1 saturated heterocycles. The molecule has 4 heterocycles. The number of aromatic amines is 1. The van der Waals surface area contributed by atoms with Crippen molar-refractivity contribution in [2.45, 2.75) is 146 Å². The van der Waals surface area contributed by atoms with E-state index in [0.29, 0.717) is 17.7 Å². The molecule has 2 aromatic carbocycles. The molecule has 85 heavy (non-hydrogen) atoms. The standard InChI is InChI=1S/C55H77N13O16S/c1-7-26(4)45-52(80)59-19-42(73)62-38-24-85(83)54-34(33-13-12-32(17-36(33)65-54)84-23-29-8-10-30(11-9-29)61-47(75)28(6)60-51(79)44(57)25(2)3)18-37(48(76)58-20-43(74)66-45)64-53(81)46(27(5)40(71)22-69)67-50(78)39-16-31(70)21-68(39)55(82)35(63-49(38)77)14-15-41(56)72/h8-13,17,25-28,31,35,37-40,44-46,65,69-71H,7,14-16,18-24,57H2,1-6H3,(H2,56,72)(H,58,76)(H,59,80)(H,60,79)(H,61,75)(H,62,73)(H,63,77)(H,64,81)(H,66,74)(H,67,78)/t26-,27-,28-,31+,35-,37-,38-,39-,40-,44?,45-,46-,85?/m0/s1. The van der Waals surface area contributed by atoms with Crippen LogP contribution in [0.5, 0.6) is 5.75 Å². The van der Waals surface area contributed by atoms with E-state index in [-0.39, 0.29) is 39.8 Å². The van der Waals surface area contributed by atoms with E-state index in [1.54, 1.807) is 64.1 Å². The average Bonchev–Trinajstić information content (AvgIpc) is 3.85. The van der Waals surface area contributed by atoms with Crippen LogP contribution in [0.1, 0.15) is 78.4 Å². The van der Waals surface area contributed by atoms with E-state index in [4.69, 9.17) is 16.2 Å². The molecule has 11 amide bonds. The van der Waals surface area contributed by atoms with Gasteiger partial charge in [-0.1, -0.05) is 53.2 Å². The molecule has 29 nitrogen and oxygen atoms in total. The predicted octanol–water partition coefficient (Wildman–Crippen LogP) is -4.23. The second kappa shape index (κ2) is 29.8. The monoisotopic (exact) mass is 1210 g/mol.